The first kappa shape index (κ1) is 13.8. The molecule has 19 heavy (non-hydrogen) atoms. The number of nitrogens with one attached hydrogen (secondary N) is 1. The number of carbonyl (C=O) groups is 1. The largest absolute Gasteiger partial charge is 0.489 e. The van der Waals surface area contributed by atoms with Crippen LogP contribution in [0.3, 0.4) is 0 Å². The number of hydrogen-bond acceptors (Lipinski definition) is 3. The number of rotatable bonds is 4. The van der Waals surface area contributed by atoms with Crippen LogP contribution in [0.1, 0.15) is 15.9 Å². The standard InChI is InChI=1S/C14H13IN2O2/c15-13-4-2-1-3-11(13)9-19-12-7-5-10(6-8-12)14(18)17-16/h1-8H,9,16H2,(H,17,18). The fraction of sp³-hybridized carbons (Fsp3) is 0.0714. The number of hydrazine groups is 1. The lowest BCUT2D eigenvalue weighted by atomic mass is 10.2. The molecular weight excluding hydrogens is 355 g/mol. The summed E-state index contributed by atoms with van der Waals surface area (Å²) in [5.41, 5.74) is 3.72. The normalized spacial score (nSPS) is 10.0. The summed E-state index contributed by atoms with van der Waals surface area (Å²) in [7, 11) is 0. The molecule has 0 radical (unpaired) electrons. The first-order valence-electron chi connectivity index (χ1n) is 5.68. The average molecular weight is 368 g/mol. The van der Waals surface area contributed by atoms with Crippen molar-refractivity contribution in [3.8, 4) is 5.75 Å². The molecule has 0 unspecified atom stereocenters. The Bertz CT molecular complexity index is 570. The molecule has 0 aliphatic rings. The quantitative estimate of drug-likeness (QED) is 0.377. The Morgan fingerprint density at radius 3 is 2.47 bits per heavy atom. The number of benzene rings is 2. The summed E-state index contributed by atoms with van der Waals surface area (Å²) in [5, 5.41) is 0. The van der Waals surface area contributed by atoms with E-state index in [2.05, 4.69) is 28.0 Å². The lowest BCUT2D eigenvalue weighted by molar-refractivity contribution is 0.0953. The second-order valence-electron chi connectivity index (χ2n) is 3.88. The summed E-state index contributed by atoms with van der Waals surface area (Å²) < 4.78 is 6.84. The fourth-order valence-corrected chi connectivity index (χ4v) is 2.11. The first-order valence-corrected chi connectivity index (χ1v) is 6.76. The van der Waals surface area contributed by atoms with Gasteiger partial charge in [0, 0.05) is 14.7 Å². The van der Waals surface area contributed by atoms with Crippen molar-refractivity contribution >= 4 is 28.5 Å². The molecule has 0 aromatic heterocycles. The smallest absolute Gasteiger partial charge is 0.265 e. The van der Waals surface area contributed by atoms with Gasteiger partial charge in [-0.15, -0.1) is 0 Å². The predicted octanol–water partition coefficient (Wildman–Crippen LogP) is 2.47. The third-order valence-electron chi connectivity index (χ3n) is 2.60. The number of nitrogen functional groups attached to an aromatic ring is 1. The Hall–Kier alpha value is -1.60. The van der Waals surface area contributed by atoms with Crippen LogP contribution in [0.25, 0.3) is 0 Å². The number of amides is 1. The van der Waals surface area contributed by atoms with Crippen molar-refractivity contribution < 1.29 is 9.53 Å². The second-order valence-corrected chi connectivity index (χ2v) is 5.04. The molecular formula is C14H13IN2O2. The van der Waals surface area contributed by atoms with Crippen molar-refractivity contribution in [2.24, 2.45) is 5.84 Å². The molecule has 4 nitrogen and oxygen atoms in total. The summed E-state index contributed by atoms with van der Waals surface area (Å²) in [6, 6.07) is 14.9. The summed E-state index contributed by atoms with van der Waals surface area (Å²) in [4.78, 5) is 11.3. The van der Waals surface area contributed by atoms with Crippen LogP contribution in [-0.4, -0.2) is 5.91 Å². The molecule has 2 aromatic carbocycles. The van der Waals surface area contributed by atoms with Gasteiger partial charge in [-0.3, -0.25) is 10.2 Å². The van der Waals surface area contributed by atoms with E-state index in [0.29, 0.717) is 17.9 Å². The van der Waals surface area contributed by atoms with Crippen LogP contribution in [0.15, 0.2) is 48.5 Å². The molecule has 0 aliphatic heterocycles. The van der Waals surface area contributed by atoms with Crippen molar-refractivity contribution in [1.29, 1.82) is 0 Å². The molecule has 0 saturated carbocycles. The highest BCUT2D eigenvalue weighted by Crippen LogP contribution is 2.17. The monoisotopic (exact) mass is 368 g/mol. The minimum atomic E-state index is -0.316. The fourth-order valence-electron chi connectivity index (χ4n) is 1.56. The van der Waals surface area contributed by atoms with Gasteiger partial charge in [0.1, 0.15) is 12.4 Å². The van der Waals surface area contributed by atoms with Gasteiger partial charge in [-0.2, -0.15) is 0 Å². The summed E-state index contributed by atoms with van der Waals surface area (Å²) in [5.74, 6) is 5.46. The number of nitrogens with two attached hydrogens (primary N) is 1. The Kier molecular flexibility index (Phi) is 4.75. The molecule has 2 rings (SSSR count). The van der Waals surface area contributed by atoms with Gasteiger partial charge in [0.05, 0.1) is 0 Å². The maximum absolute atomic E-state index is 11.3. The Morgan fingerprint density at radius 1 is 1.16 bits per heavy atom. The van der Waals surface area contributed by atoms with Gasteiger partial charge in [-0.05, 0) is 52.9 Å². The zero-order valence-corrected chi connectivity index (χ0v) is 12.3. The molecule has 0 saturated heterocycles. The van der Waals surface area contributed by atoms with Crippen molar-refractivity contribution in [2.45, 2.75) is 6.61 Å². The van der Waals surface area contributed by atoms with E-state index in [-0.39, 0.29) is 5.91 Å². The van der Waals surface area contributed by atoms with Crippen molar-refractivity contribution in [1.82, 2.24) is 5.43 Å². The third-order valence-corrected chi connectivity index (χ3v) is 3.65. The molecule has 1 amide bonds. The van der Waals surface area contributed by atoms with Gasteiger partial charge in [0.15, 0.2) is 0 Å². The minimum absolute atomic E-state index is 0.316. The van der Waals surface area contributed by atoms with Gasteiger partial charge in [-0.25, -0.2) is 5.84 Å². The van der Waals surface area contributed by atoms with Crippen molar-refractivity contribution in [2.75, 3.05) is 0 Å². The lowest BCUT2D eigenvalue weighted by Gasteiger charge is -2.08. The predicted molar refractivity (Wildman–Crippen MR) is 81.6 cm³/mol. The van der Waals surface area contributed by atoms with Crippen LogP contribution >= 0.6 is 22.6 Å². The van der Waals surface area contributed by atoms with E-state index >= 15 is 0 Å². The Balaban J connectivity index is 2.01. The summed E-state index contributed by atoms with van der Waals surface area (Å²) in [6.07, 6.45) is 0. The van der Waals surface area contributed by atoms with Gasteiger partial charge in [0.2, 0.25) is 0 Å². The van der Waals surface area contributed by atoms with Gasteiger partial charge in [0.25, 0.3) is 5.91 Å². The summed E-state index contributed by atoms with van der Waals surface area (Å²) in [6.45, 7) is 0.502. The average Bonchev–Trinajstić information content (AvgIpc) is 2.46. The Labute approximate surface area is 125 Å². The topological polar surface area (TPSA) is 64.3 Å². The number of ether oxygens (including phenoxy) is 1. The van der Waals surface area contributed by atoms with Crippen LogP contribution in [0.4, 0.5) is 0 Å². The van der Waals surface area contributed by atoms with Crippen LogP contribution in [-0.2, 0) is 6.61 Å². The van der Waals surface area contributed by atoms with Gasteiger partial charge >= 0.3 is 0 Å². The first-order chi connectivity index (χ1) is 9.20. The zero-order valence-electron chi connectivity index (χ0n) is 10.1. The van der Waals surface area contributed by atoms with Crippen LogP contribution in [0.2, 0.25) is 0 Å². The molecule has 2 aromatic rings. The highest BCUT2D eigenvalue weighted by atomic mass is 127. The van der Waals surface area contributed by atoms with E-state index in [1.165, 1.54) is 3.57 Å². The van der Waals surface area contributed by atoms with Crippen LogP contribution in [0.5, 0.6) is 5.75 Å². The maximum atomic E-state index is 11.3. The number of carbonyl (C=O) groups excluding carboxylic acids is 1. The van der Waals surface area contributed by atoms with Crippen LogP contribution in [0, 0.1) is 3.57 Å². The molecule has 0 atom stereocenters. The molecule has 0 bridgehead atoms. The maximum Gasteiger partial charge on any atom is 0.265 e. The summed E-state index contributed by atoms with van der Waals surface area (Å²) >= 11 is 2.28. The number of hydrogen-bond donors (Lipinski definition) is 2. The lowest BCUT2D eigenvalue weighted by Crippen LogP contribution is -2.29. The molecule has 3 N–H and O–H groups in total. The van der Waals surface area contributed by atoms with Crippen molar-refractivity contribution in [3.63, 3.8) is 0 Å². The van der Waals surface area contributed by atoms with E-state index in [1.807, 2.05) is 24.3 Å². The van der Waals surface area contributed by atoms with Gasteiger partial charge in [-0.1, -0.05) is 18.2 Å². The minimum Gasteiger partial charge on any atom is -0.489 e. The highest BCUT2D eigenvalue weighted by molar-refractivity contribution is 14.1. The highest BCUT2D eigenvalue weighted by Gasteiger charge is 2.04. The molecule has 0 aliphatic carbocycles. The zero-order chi connectivity index (χ0) is 13.7. The van der Waals surface area contributed by atoms with Crippen LogP contribution < -0.4 is 16.0 Å². The Morgan fingerprint density at radius 2 is 1.84 bits per heavy atom. The third kappa shape index (κ3) is 3.68. The van der Waals surface area contributed by atoms with Gasteiger partial charge < -0.3 is 4.74 Å². The second kappa shape index (κ2) is 6.53. The van der Waals surface area contributed by atoms with E-state index in [4.69, 9.17) is 10.6 Å². The van der Waals surface area contributed by atoms with E-state index < -0.39 is 0 Å². The SMILES string of the molecule is NNC(=O)c1ccc(OCc2ccccc2I)cc1. The van der Waals surface area contributed by atoms with Crippen molar-refractivity contribution in [3.05, 3.63) is 63.2 Å². The van der Waals surface area contributed by atoms with E-state index in [9.17, 15) is 4.79 Å². The molecule has 0 spiro atoms. The molecule has 98 valence electrons. The van der Waals surface area contributed by atoms with E-state index in [1.54, 1.807) is 24.3 Å². The molecule has 5 heteroatoms. The molecule has 0 heterocycles. The van der Waals surface area contributed by atoms with E-state index in [0.717, 1.165) is 5.56 Å². The number of halogens is 1. The molecule has 0 fully saturated rings.